The van der Waals surface area contributed by atoms with Gasteiger partial charge in [0.2, 0.25) is 0 Å². The zero-order valence-corrected chi connectivity index (χ0v) is 17.7. The van der Waals surface area contributed by atoms with Gasteiger partial charge < -0.3 is 14.7 Å². The number of carboxylic acid groups (broad SMARTS) is 1. The van der Waals surface area contributed by atoms with Crippen LogP contribution in [0.5, 0.6) is 5.75 Å². The summed E-state index contributed by atoms with van der Waals surface area (Å²) < 4.78 is 22.8. The lowest BCUT2D eigenvalue weighted by Gasteiger charge is -2.26. The van der Waals surface area contributed by atoms with E-state index >= 15 is 0 Å². The highest BCUT2D eigenvalue weighted by molar-refractivity contribution is 7.99. The highest BCUT2D eigenvalue weighted by Crippen LogP contribution is 2.48. The van der Waals surface area contributed by atoms with E-state index in [-0.39, 0.29) is 12.4 Å². The Hall–Kier alpha value is -1.90. The summed E-state index contributed by atoms with van der Waals surface area (Å²) >= 11 is 3.21. The van der Waals surface area contributed by atoms with Gasteiger partial charge in [-0.1, -0.05) is 6.92 Å². The van der Waals surface area contributed by atoms with Crippen LogP contribution in [0.1, 0.15) is 19.8 Å². The number of hydrogen-bond donors (Lipinski definition) is 2. The van der Waals surface area contributed by atoms with Gasteiger partial charge in [0, 0.05) is 18.8 Å². The van der Waals surface area contributed by atoms with Crippen molar-refractivity contribution in [2.75, 3.05) is 30.3 Å². The molecule has 1 heterocycles. The highest BCUT2D eigenvalue weighted by atomic mass is 32.2. The summed E-state index contributed by atoms with van der Waals surface area (Å²) in [6.07, 6.45) is 1.33. The Kier molecular flexibility index (Phi) is 5.94. The van der Waals surface area contributed by atoms with Crippen LogP contribution in [0.2, 0.25) is 0 Å². The Labute approximate surface area is 178 Å². The molecule has 0 bridgehead atoms. The van der Waals surface area contributed by atoms with Crippen LogP contribution >= 0.6 is 23.7 Å². The lowest BCUT2D eigenvalue weighted by atomic mass is 10.1. The van der Waals surface area contributed by atoms with Crippen molar-refractivity contribution in [2.45, 2.75) is 29.6 Å². The van der Waals surface area contributed by atoms with E-state index in [1.807, 2.05) is 6.07 Å². The smallest absolute Gasteiger partial charge is 0.313 e. The molecule has 2 aromatic rings. The molecule has 0 atom stereocenters. The number of carbonyl (C=O) groups is 1. The van der Waals surface area contributed by atoms with Crippen LogP contribution in [-0.4, -0.2) is 36.5 Å². The number of rotatable bonds is 7. The second-order valence-electron chi connectivity index (χ2n) is 7.20. The fourth-order valence-corrected chi connectivity index (χ4v) is 4.84. The summed E-state index contributed by atoms with van der Waals surface area (Å²) in [5.74, 6) is 0.560. The predicted molar refractivity (Wildman–Crippen MR) is 115 cm³/mol. The number of ether oxygens (including phenoxy) is 1. The van der Waals surface area contributed by atoms with Gasteiger partial charge in [0.25, 0.3) is 0 Å². The van der Waals surface area contributed by atoms with Gasteiger partial charge in [0.05, 0.1) is 15.5 Å². The average molecular weight is 435 g/mol. The van der Waals surface area contributed by atoms with Gasteiger partial charge in [0.15, 0.2) is 0 Å². The quantitative estimate of drug-likeness (QED) is 0.473. The molecule has 2 aromatic carbocycles. The number of halogens is 1. The van der Waals surface area contributed by atoms with Gasteiger partial charge in [-0.05, 0) is 66.9 Å². The van der Waals surface area contributed by atoms with Crippen molar-refractivity contribution < 1.29 is 19.0 Å². The second-order valence-corrected chi connectivity index (χ2v) is 9.44. The number of hydrogen-bond acceptors (Lipinski definition) is 6. The summed E-state index contributed by atoms with van der Waals surface area (Å²) in [6, 6.07) is 10.6. The normalized spacial score (nSPS) is 17.4. The number of fused-ring (bicyclic) bond motifs is 1. The molecule has 1 aliphatic heterocycles. The fourth-order valence-electron chi connectivity index (χ4n) is 3.29. The molecule has 4 rings (SSSR count). The molecule has 0 spiro atoms. The largest absolute Gasteiger partial charge is 0.491 e. The van der Waals surface area contributed by atoms with Crippen LogP contribution in [0.3, 0.4) is 0 Å². The monoisotopic (exact) mass is 434 g/mol. The van der Waals surface area contributed by atoms with Crippen molar-refractivity contribution in [1.82, 2.24) is 4.72 Å². The third-order valence-electron chi connectivity index (χ3n) is 5.19. The molecule has 5 nitrogen and oxygen atoms in total. The molecule has 8 heteroatoms. The number of nitrogens with zero attached hydrogens (tertiary/aromatic N) is 1. The van der Waals surface area contributed by atoms with E-state index in [0.717, 1.165) is 45.8 Å². The average Bonchev–Trinajstić information content (AvgIpc) is 3.52. The Balaban J connectivity index is 1.67. The van der Waals surface area contributed by atoms with Gasteiger partial charge in [-0.2, -0.15) is 0 Å². The maximum absolute atomic E-state index is 13.4. The van der Waals surface area contributed by atoms with E-state index in [9.17, 15) is 14.3 Å². The second kappa shape index (κ2) is 8.45. The lowest BCUT2D eigenvalue weighted by Crippen LogP contribution is -2.24. The Morgan fingerprint density at radius 3 is 2.76 bits per heavy atom. The van der Waals surface area contributed by atoms with Crippen LogP contribution in [0.4, 0.5) is 15.8 Å². The molecule has 154 valence electrons. The number of anilines is 2. The molecule has 29 heavy (non-hydrogen) atoms. The first-order valence-electron chi connectivity index (χ1n) is 9.62. The molecule has 0 unspecified atom stereocenters. The Morgan fingerprint density at radius 2 is 2.10 bits per heavy atom. The lowest BCUT2D eigenvalue weighted by molar-refractivity contribution is -0.144. The Morgan fingerprint density at radius 1 is 1.34 bits per heavy atom. The van der Waals surface area contributed by atoms with Crippen molar-refractivity contribution in [2.24, 2.45) is 5.41 Å². The maximum Gasteiger partial charge on any atom is 0.313 e. The number of aliphatic carboxylic acids is 1. The third kappa shape index (κ3) is 4.34. The van der Waals surface area contributed by atoms with Crippen LogP contribution in [0, 0.1) is 11.2 Å². The SMILES string of the molecule is CCSc1cc2c(cc1OCC1(C(=O)O)CC1)SNCCN2c1ccc(F)cc1. The van der Waals surface area contributed by atoms with Crippen LogP contribution < -0.4 is 14.4 Å². The van der Waals surface area contributed by atoms with Crippen molar-refractivity contribution >= 4 is 41.1 Å². The van der Waals surface area contributed by atoms with Gasteiger partial charge in [-0.3, -0.25) is 9.52 Å². The predicted octanol–water partition coefficient (Wildman–Crippen LogP) is 4.93. The molecule has 0 aromatic heterocycles. The number of carboxylic acids is 1. The standard InChI is InChI=1S/C21H23FN2O3S2/c1-2-28-19-11-16-18(12-17(19)27-13-21(7-8-21)20(25)26)29-23-9-10-24(16)15-5-3-14(22)4-6-15/h3-6,11-12,23H,2,7-10,13H2,1H3,(H,25,26). The summed E-state index contributed by atoms with van der Waals surface area (Å²) in [7, 11) is 0. The van der Waals surface area contributed by atoms with Crippen molar-refractivity contribution in [3.05, 3.63) is 42.2 Å². The van der Waals surface area contributed by atoms with E-state index in [1.165, 1.54) is 24.1 Å². The van der Waals surface area contributed by atoms with Crippen LogP contribution in [0.15, 0.2) is 46.2 Å². The minimum Gasteiger partial charge on any atom is -0.491 e. The van der Waals surface area contributed by atoms with Crippen molar-refractivity contribution in [3.8, 4) is 5.75 Å². The molecule has 0 saturated heterocycles. The van der Waals surface area contributed by atoms with E-state index in [2.05, 4.69) is 22.6 Å². The fraction of sp³-hybridized carbons (Fsp3) is 0.381. The molecule has 0 amide bonds. The Bertz CT molecular complexity index is 904. The summed E-state index contributed by atoms with van der Waals surface area (Å²) in [5.41, 5.74) is 1.24. The van der Waals surface area contributed by atoms with Gasteiger partial charge in [-0.15, -0.1) is 11.8 Å². The minimum atomic E-state index is -0.782. The molecule has 2 aliphatic rings. The van der Waals surface area contributed by atoms with Gasteiger partial charge >= 0.3 is 5.97 Å². The maximum atomic E-state index is 13.4. The minimum absolute atomic E-state index is 0.193. The molecule has 0 radical (unpaired) electrons. The van der Waals surface area contributed by atoms with Gasteiger partial charge in [0.1, 0.15) is 23.6 Å². The zero-order valence-electron chi connectivity index (χ0n) is 16.1. The van der Waals surface area contributed by atoms with E-state index in [1.54, 1.807) is 23.9 Å². The van der Waals surface area contributed by atoms with E-state index in [0.29, 0.717) is 12.8 Å². The number of benzene rings is 2. The molecular weight excluding hydrogens is 411 g/mol. The first-order valence-corrected chi connectivity index (χ1v) is 11.4. The van der Waals surface area contributed by atoms with E-state index in [4.69, 9.17) is 4.74 Å². The van der Waals surface area contributed by atoms with Crippen molar-refractivity contribution in [3.63, 3.8) is 0 Å². The molecule has 1 fully saturated rings. The molecular formula is C21H23FN2O3S2. The highest BCUT2D eigenvalue weighted by Gasteiger charge is 2.51. The first-order chi connectivity index (χ1) is 14.0. The van der Waals surface area contributed by atoms with E-state index < -0.39 is 11.4 Å². The van der Waals surface area contributed by atoms with Gasteiger partial charge in [-0.25, -0.2) is 4.39 Å². The third-order valence-corrected chi connectivity index (χ3v) is 7.00. The van der Waals surface area contributed by atoms with Crippen LogP contribution in [-0.2, 0) is 4.79 Å². The summed E-state index contributed by atoms with van der Waals surface area (Å²) in [4.78, 5) is 15.6. The zero-order chi connectivity index (χ0) is 20.4. The molecule has 1 aliphatic carbocycles. The summed E-state index contributed by atoms with van der Waals surface area (Å²) in [5, 5.41) is 9.43. The molecule has 1 saturated carbocycles. The molecule has 2 N–H and O–H groups in total. The number of nitrogens with one attached hydrogen (secondary N) is 1. The van der Waals surface area contributed by atoms with Crippen LogP contribution in [0.25, 0.3) is 0 Å². The van der Waals surface area contributed by atoms with Crippen molar-refractivity contribution in [1.29, 1.82) is 0 Å². The first kappa shape index (κ1) is 20.4. The topological polar surface area (TPSA) is 61.8 Å². The summed E-state index contributed by atoms with van der Waals surface area (Å²) in [6.45, 7) is 3.79. The number of thioether (sulfide) groups is 1.